The number of rotatable bonds is 4. The van der Waals surface area contributed by atoms with E-state index in [2.05, 4.69) is 5.32 Å². The van der Waals surface area contributed by atoms with Crippen LogP contribution in [-0.2, 0) is 6.54 Å². The fourth-order valence-electron chi connectivity index (χ4n) is 2.07. The second kappa shape index (κ2) is 5.74. The largest absolute Gasteiger partial charge is 0.507 e. The number of nitrogens with one attached hydrogen (secondary N) is 1. The molecule has 0 saturated heterocycles. The van der Waals surface area contributed by atoms with E-state index in [9.17, 15) is 10.2 Å². The molecule has 106 valence electrons. The molecule has 2 aromatic carbocycles. The summed E-state index contributed by atoms with van der Waals surface area (Å²) in [5, 5.41) is 22.9. The Labute approximate surface area is 118 Å². The van der Waals surface area contributed by atoms with Crippen LogP contribution in [0.25, 0.3) is 0 Å². The Balaban J connectivity index is 2.13. The molecule has 0 heterocycles. The van der Waals surface area contributed by atoms with Gasteiger partial charge in [0.2, 0.25) is 0 Å². The van der Waals surface area contributed by atoms with Crippen LogP contribution in [0, 0.1) is 13.8 Å². The van der Waals surface area contributed by atoms with Crippen LogP contribution in [0.4, 0.5) is 5.69 Å². The van der Waals surface area contributed by atoms with Gasteiger partial charge in [-0.15, -0.1) is 0 Å². The van der Waals surface area contributed by atoms with E-state index in [1.807, 2.05) is 32.0 Å². The van der Waals surface area contributed by atoms with Crippen molar-refractivity contribution in [2.24, 2.45) is 0 Å². The minimum Gasteiger partial charge on any atom is -0.507 e. The van der Waals surface area contributed by atoms with Crippen molar-refractivity contribution < 1.29 is 14.9 Å². The Bertz CT molecular complexity index is 623. The summed E-state index contributed by atoms with van der Waals surface area (Å²) in [5.74, 6) is 0.890. The molecule has 0 saturated carbocycles. The first-order valence-electron chi connectivity index (χ1n) is 6.42. The number of methoxy groups -OCH3 is 1. The van der Waals surface area contributed by atoms with Gasteiger partial charge in [0.1, 0.15) is 5.75 Å². The molecule has 0 fully saturated rings. The van der Waals surface area contributed by atoms with Crippen LogP contribution in [0.5, 0.6) is 17.2 Å². The lowest BCUT2D eigenvalue weighted by molar-refractivity contribution is 0.373. The highest BCUT2D eigenvalue weighted by atomic mass is 16.5. The predicted octanol–water partition coefficient (Wildman–Crippen LogP) is 3.34. The van der Waals surface area contributed by atoms with Crippen molar-refractivity contribution in [3.05, 3.63) is 47.0 Å². The van der Waals surface area contributed by atoms with Crippen LogP contribution in [0.3, 0.4) is 0 Å². The van der Waals surface area contributed by atoms with Crippen molar-refractivity contribution in [2.75, 3.05) is 12.4 Å². The molecule has 20 heavy (non-hydrogen) atoms. The maximum absolute atomic E-state index is 9.90. The lowest BCUT2D eigenvalue weighted by Crippen LogP contribution is -2.01. The molecule has 0 aromatic heterocycles. The monoisotopic (exact) mass is 273 g/mol. The number of anilines is 1. The van der Waals surface area contributed by atoms with Gasteiger partial charge in [0.05, 0.1) is 7.11 Å². The fraction of sp³-hybridized carbons (Fsp3) is 0.250. The molecule has 0 aliphatic carbocycles. The minimum atomic E-state index is 0.121. The van der Waals surface area contributed by atoms with Gasteiger partial charge in [0.25, 0.3) is 0 Å². The van der Waals surface area contributed by atoms with Crippen LogP contribution in [0.15, 0.2) is 30.3 Å². The Kier molecular flexibility index (Phi) is 4.03. The van der Waals surface area contributed by atoms with Crippen LogP contribution in [-0.4, -0.2) is 17.3 Å². The smallest absolute Gasteiger partial charge is 0.160 e. The molecule has 2 aromatic rings. The summed E-state index contributed by atoms with van der Waals surface area (Å²) < 4.78 is 5.01. The number of ether oxygens (including phenoxy) is 1. The first-order chi connectivity index (χ1) is 9.52. The zero-order valence-electron chi connectivity index (χ0n) is 11.9. The number of aromatic hydroxyl groups is 2. The molecule has 0 atom stereocenters. The zero-order chi connectivity index (χ0) is 14.7. The third-order valence-corrected chi connectivity index (χ3v) is 3.36. The van der Waals surface area contributed by atoms with E-state index in [-0.39, 0.29) is 5.75 Å². The second-order valence-electron chi connectivity index (χ2n) is 4.76. The lowest BCUT2D eigenvalue weighted by Gasteiger charge is -2.13. The maximum atomic E-state index is 9.90. The van der Waals surface area contributed by atoms with Crippen LogP contribution >= 0.6 is 0 Å². The van der Waals surface area contributed by atoms with Crippen molar-refractivity contribution in [3.63, 3.8) is 0 Å². The Morgan fingerprint density at radius 2 is 1.85 bits per heavy atom. The molecular weight excluding hydrogens is 254 g/mol. The van der Waals surface area contributed by atoms with E-state index in [1.165, 1.54) is 7.11 Å². The van der Waals surface area contributed by atoms with Crippen molar-refractivity contribution >= 4 is 5.69 Å². The number of hydrogen-bond donors (Lipinski definition) is 3. The van der Waals surface area contributed by atoms with Gasteiger partial charge in [0, 0.05) is 17.8 Å². The van der Waals surface area contributed by atoms with E-state index in [0.717, 1.165) is 22.4 Å². The summed E-state index contributed by atoms with van der Waals surface area (Å²) in [6.07, 6.45) is 0. The Morgan fingerprint density at radius 1 is 1.10 bits per heavy atom. The Morgan fingerprint density at radius 3 is 2.50 bits per heavy atom. The van der Waals surface area contributed by atoms with Gasteiger partial charge in [0.15, 0.2) is 11.5 Å². The predicted molar refractivity (Wildman–Crippen MR) is 79.6 cm³/mol. The summed E-state index contributed by atoms with van der Waals surface area (Å²) in [4.78, 5) is 0. The molecule has 0 spiro atoms. The van der Waals surface area contributed by atoms with E-state index in [1.54, 1.807) is 12.1 Å². The molecule has 0 bridgehead atoms. The SMILES string of the molecule is COc1ccc(CNc2ccc(C)c(O)c2C)cc1O. The molecule has 3 N–H and O–H groups in total. The number of benzene rings is 2. The number of aryl methyl sites for hydroxylation is 1. The first kappa shape index (κ1) is 14.1. The van der Waals surface area contributed by atoms with E-state index in [0.29, 0.717) is 18.0 Å². The van der Waals surface area contributed by atoms with Crippen molar-refractivity contribution in [2.45, 2.75) is 20.4 Å². The van der Waals surface area contributed by atoms with Gasteiger partial charge >= 0.3 is 0 Å². The third-order valence-electron chi connectivity index (χ3n) is 3.36. The number of phenolic OH excluding ortho intramolecular Hbond substituents is 2. The summed E-state index contributed by atoms with van der Waals surface area (Å²) >= 11 is 0. The molecule has 4 nitrogen and oxygen atoms in total. The van der Waals surface area contributed by atoms with Gasteiger partial charge < -0.3 is 20.3 Å². The summed E-state index contributed by atoms with van der Waals surface area (Å²) in [6.45, 7) is 4.30. The summed E-state index contributed by atoms with van der Waals surface area (Å²) in [5.41, 5.74) is 3.49. The normalized spacial score (nSPS) is 10.3. The number of hydrogen-bond acceptors (Lipinski definition) is 4. The number of phenols is 2. The second-order valence-corrected chi connectivity index (χ2v) is 4.76. The third kappa shape index (κ3) is 2.79. The minimum absolute atomic E-state index is 0.121. The topological polar surface area (TPSA) is 61.7 Å². The van der Waals surface area contributed by atoms with E-state index < -0.39 is 0 Å². The zero-order valence-corrected chi connectivity index (χ0v) is 11.9. The van der Waals surface area contributed by atoms with E-state index in [4.69, 9.17) is 4.74 Å². The fourth-order valence-corrected chi connectivity index (χ4v) is 2.07. The van der Waals surface area contributed by atoms with Gasteiger partial charge in [-0.3, -0.25) is 0 Å². The molecule has 0 aliphatic heterocycles. The molecular formula is C16H19NO3. The van der Waals surface area contributed by atoms with Gasteiger partial charge in [-0.1, -0.05) is 12.1 Å². The standard InChI is InChI=1S/C16H19NO3/c1-10-4-6-13(11(2)16(10)19)17-9-12-5-7-15(20-3)14(18)8-12/h4-8,17-19H,9H2,1-3H3. The molecule has 4 heteroatoms. The van der Waals surface area contributed by atoms with E-state index >= 15 is 0 Å². The van der Waals surface area contributed by atoms with Crippen molar-refractivity contribution in [1.82, 2.24) is 0 Å². The highest BCUT2D eigenvalue weighted by molar-refractivity contribution is 5.59. The lowest BCUT2D eigenvalue weighted by atomic mass is 10.1. The Hall–Kier alpha value is -2.36. The molecule has 0 unspecified atom stereocenters. The first-order valence-corrected chi connectivity index (χ1v) is 6.42. The quantitative estimate of drug-likeness (QED) is 0.799. The van der Waals surface area contributed by atoms with Crippen LogP contribution < -0.4 is 10.1 Å². The maximum Gasteiger partial charge on any atom is 0.160 e. The van der Waals surface area contributed by atoms with Crippen LogP contribution in [0.2, 0.25) is 0 Å². The van der Waals surface area contributed by atoms with Crippen LogP contribution in [0.1, 0.15) is 16.7 Å². The average Bonchev–Trinajstić information content (AvgIpc) is 2.44. The van der Waals surface area contributed by atoms with Crippen molar-refractivity contribution in [1.29, 1.82) is 0 Å². The van der Waals surface area contributed by atoms with Crippen molar-refractivity contribution in [3.8, 4) is 17.2 Å². The molecule has 0 amide bonds. The van der Waals surface area contributed by atoms with Gasteiger partial charge in [-0.2, -0.15) is 0 Å². The molecule has 0 radical (unpaired) electrons. The van der Waals surface area contributed by atoms with Gasteiger partial charge in [-0.05, 0) is 43.2 Å². The summed E-state index contributed by atoms with van der Waals surface area (Å²) in [6, 6.07) is 9.08. The highest BCUT2D eigenvalue weighted by Gasteiger charge is 2.07. The highest BCUT2D eigenvalue weighted by Crippen LogP contribution is 2.29. The molecule has 2 rings (SSSR count). The molecule has 0 aliphatic rings. The average molecular weight is 273 g/mol. The van der Waals surface area contributed by atoms with Gasteiger partial charge in [-0.25, -0.2) is 0 Å². The summed E-state index contributed by atoms with van der Waals surface area (Å²) in [7, 11) is 1.52.